The van der Waals surface area contributed by atoms with Crippen LogP contribution in [0.1, 0.15) is 24.8 Å². The summed E-state index contributed by atoms with van der Waals surface area (Å²) >= 11 is 0. The molecule has 0 bridgehead atoms. The van der Waals surface area contributed by atoms with Crippen LogP contribution in [0.4, 0.5) is 0 Å². The highest BCUT2D eigenvalue weighted by Crippen LogP contribution is 2.43. The van der Waals surface area contributed by atoms with Gasteiger partial charge in [-0.25, -0.2) is 9.67 Å². The minimum absolute atomic E-state index is 0. The Kier molecular flexibility index (Phi) is 5.63. The maximum Gasteiger partial charge on any atom is 0.191 e. The van der Waals surface area contributed by atoms with Crippen molar-refractivity contribution in [1.29, 1.82) is 0 Å². The number of guanidine groups is 1. The quantitative estimate of drug-likeness (QED) is 0.440. The molecule has 0 spiro atoms. The van der Waals surface area contributed by atoms with Crippen molar-refractivity contribution in [3.05, 3.63) is 48.3 Å². The Morgan fingerprint density at radius 3 is 2.88 bits per heavy atom. The molecule has 7 heteroatoms. The number of aromatic nitrogens is 2. The summed E-state index contributed by atoms with van der Waals surface area (Å²) in [6.45, 7) is 4.42. The second-order valence-corrected chi connectivity index (χ2v) is 6.58. The average molecular weight is 453 g/mol. The van der Waals surface area contributed by atoms with Crippen LogP contribution in [-0.4, -0.2) is 52.5 Å². The molecule has 1 aromatic heterocycles. The molecule has 1 unspecified atom stereocenters. The number of nitrogens with two attached hydrogens (primary N) is 1. The first-order valence-electron chi connectivity index (χ1n) is 8.50. The van der Waals surface area contributed by atoms with Crippen LogP contribution in [0.2, 0.25) is 0 Å². The molecule has 1 aliphatic heterocycles. The SMILES string of the molecule is CC1CN(C(N)=N[C@@H]2C[C@H]2c2cnn(-c3ccccc3)c2)CCO1.I. The first-order chi connectivity index (χ1) is 11.7. The minimum atomic E-state index is 0. The van der Waals surface area contributed by atoms with E-state index >= 15 is 0 Å². The number of aliphatic imine (C=N–C) groups is 1. The van der Waals surface area contributed by atoms with Crippen molar-refractivity contribution >= 4 is 29.9 Å². The first kappa shape index (κ1) is 18.2. The summed E-state index contributed by atoms with van der Waals surface area (Å²) in [5.41, 5.74) is 8.50. The number of nitrogens with zero attached hydrogens (tertiary/aromatic N) is 4. The second kappa shape index (κ2) is 7.74. The van der Waals surface area contributed by atoms with E-state index in [9.17, 15) is 0 Å². The van der Waals surface area contributed by atoms with Crippen LogP contribution >= 0.6 is 24.0 Å². The van der Waals surface area contributed by atoms with Gasteiger partial charge >= 0.3 is 0 Å². The molecule has 2 fully saturated rings. The van der Waals surface area contributed by atoms with Gasteiger partial charge in [-0.15, -0.1) is 24.0 Å². The number of morpholine rings is 1. The van der Waals surface area contributed by atoms with Crippen molar-refractivity contribution in [1.82, 2.24) is 14.7 Å². The maximum atomic E-state index is 6.19. The maximum absolute atomic E-state index is 6.19. The molecule has 3 atom stereocenters. The Morgan fingerprint density at radius 2 is 2.12 bits per heavy atom. The van der Waals surface area contributed by atoms with Crippen LogP contribution < -0.4 is 5.73 Å². The zero-order valence-electron chi connectivity index (χ0n) is 14.3. The Bertz CT molecular complexity index is 732. The van der Waals surface area contributed by atoms with Gasteiger partial charge in [0, 0.05) is 25.2 Å². The number of para-hydroxylation sites is 1. The van der Waals surface area contributed by atoms with Gasteiger partial charge in [0.25, 0.3) is 0 Å². The Hall–Kier alpha value is -1.61. The van der Waals surface area contributed by atoms with E-state index in [1.54, 1.807) is 0 Å². The van der Waals surface area contributed by atoms with Gasteiger partial charge in [-0.1, -0.05) is 18.2 Å². The largest absolute Gasteiger partial charge is 0.375 e. The molecule has 2 heterocycles. The lowest BCUT2D eigenvalue weighted by molar-refractivity contribution is 0.00528. The number of hydrogen-bond acceptors (Lipinski definition) is 3. The predicted octanol–water partition coefficient (Wildman–Crippen LogP) is 2.38. The fourth-order valence-corrected chi connectivity index (χ4v) is 3.21. The fourth-order valence-electron chi connectivity index (χ4n) is 3.21. The smallest absolute Gasteiger partial charge is 0.191 e. The third kappa shape index (κ3) is 4.14. The van der Waals surface area contributed by atoms with Crippen LogP contribution in [0.3, 0.4) is 0 Å². The van der Waals surface area contributed by atoms with E-state index in [0.717, 1.165) is 31.8 Å². The van der Waals surface area contributed by atoms with Crippen molar-refractivity contribution in [2.75, 3.05) is 19.7 Å². The predicted molar refractivity (Wildman–Crippen MR) is 109 cm³/mol. The molecule has 0 amide bonds. The lowest BCUT2D eigenvalue weighted by atomic mass is 10.2. The molecule has 1 saturated heterocycles. The molecule has 1 aliphatic carbocycles. The van der Waals surface area contributed by atoms with Crippen molar-refractivity contribution in [3.63, 3.8) is 0 Å². The van der Waals surface area contributed by atoms with E-state index < -0.39 is 0 Å². The molecule has 2 aliphatic rings. The normalized spacial score (nSPS) is 26.2. The van der Waals surface area contributed by atoms with Gasteiger partial charge in [0.1, 0.15) is 0 Å². The highest BCUT2D eigenvalue weighted by Gasteiger charge is 2.40. The van der Waals surface area contributed by atoms with Crippen molar-refractivity contribution in [2.24, 2.45) is 10.7 Å². The van der Waals surface area contributed by atoms with E-state index in [2.05, 4.69) is 35.3 Å². The summed E-state index contributed by atoms with van der Waals surface area (Å²) in [6, 6.07) is 10.4. The lowest BCUT2D eigenvalue weighted by Crippen LogP contribution is -2.48. The fraction of sp³-hybridized carbons (Fsp3) is 0.444. The van der Waals surface area contributed by atoms with Crippen LogP contribution in [-0.2, 0) is 4.74 Å². The molecule has 0 radical (unpaired) electrons. The molecular formula is C18H24IN5O. The molecule has 2 N–H and O–H groups in total. The van der Waals surface area contributed by atoms with Crippen molar-refractivity contribution in [3.8, 4) is 5.69 Å². The van der Waals surface area contributed by atoms with Crippen LogP contribution in [0.15, 0.2) is 47.7 Å². The minimum Gasteiger partial charge on any atom is -0.375 e. The third-order valence-electron chi connectivity index (χ3n) is 4.67. The van der Waals surface area contributed by atoms with E-state index in [1.807, 2.05) is 29.1 Å². The highest BCUT2D eigenvalue weighted by molar-refractivity contribution is 14.0. The molecule has 2 aromatic rings. The number of halogens is 1. The lowest BCUT2D eigenvalue weighted by Gasteiger charge is -2.31. The van der Waals surface area contributed by atoms with Gasteiger partial charge in [0.2, 0.25) is 0 Å². The van der Waals surface area contributed by atoms with Crippen LogP contribution in [0.5, 0.6) is 0 Å². The zero-order chi connectivity index (χ0) is 16.5. The first-order valence-corrected chi connectivity index (χ1v) is 8.50. The van der Waals surface area contributed by atoms with Gasteiger partial charge in [0.05, 0.1) is 30.6 Å². The molecule has 25 heavy (non-hydrogen) atoms. The van der Waals surface area contributed by atoms with E-state index in [0.29, 0.717) is 11.9 Å². The summed E-state index contributed by atoms with van der Waals surface area (Å²) in [4.78, 5) is 6.84. The molecule has 6 nitrogen and oxygen atoms in total. The van der Waals surface area contributed by atoms with Gasteiger partial charge < -0.3 is 15.4 Å². The van der Waals surface area contributed by atoms with Crippen LogP contribution in [0, 0.1) is 0 Å². The average Bonchev–Trinajstić information content (AvgIpc) is 3.19. The summed E-state index contributed by atoms with van der Waals surface area (Å²) in [6.07, 6.45) is 5.30. The van der Waals surface area contributed by atoms with Crippen molar-refractivity contribution in [2.45, 2.75) is 31.4 Å². The Morgan fingerprint density at radius 1 is 1.32 bits per heavy atom. The Labute approximate surface area is 165 Å². The van der Waals surface area contributed by atoms with Gasteiger partial charge in [-0.3, -0.25) is 0 Å². The third-order valence-corrected chi connectivity index (χ3v) is 4.67. The van der Waals surface area contributed by atoms with Crippen LogP contribution in [0.25, 0.3) is 5.69 Å². The number of rotatable bonds is 3. The van der Waals surface area contributed by atoms with Crippen molar-refractivity contribution < 1.29 is 4.74 Å². The number of benzene rings is 1. The Balaban J connectivity index is 0.00000182. The summed E-state index contributed by atoms with van der Waals surface area (Å²) < 4.78 is 7.47. The summed E-state index contributed by atoms with van der Waals surface area (Å²) in [5.74, 6) is 1.08. The summed E-state index contributed by atoms with van der Waals surface area (Å²) in [7, 11) is 0. The molecule has 1 aromatic carbocycles. The number of hydrogen-bond donors (Lipinski definition) is 1. The monoisotopic (exact) mass is 453 g/mol. The standard InChI is InChI=1S/C18H23N5O.HI/c1-13-11-22(7-8-24-13)18(19)21-17-9-16(17)14-10-20-23(12-14)15-5-3-2-4-6-15;/h2-6,10,12-13,16-17H,7-9,11H2,1H3,(H2,19,21);1H/t13?,16-,17+;/m0./s1. The van der Waals surface area contributed by atoms with E-state index in [4.69, 9.17) is 15.5 Å². The molecule has 134 valence electrons. The molecular weight excluding hydrogens is 429 g/mol. The topological polar surface area (TPSA) is 68.7 Å². The highest BCUT2D eigenvalue weighted by atomic mass is 127. The van der Waals surface area contributed by atoms with E-state index in [1.165, 1.54) is 5.56 Å². The molecule has 4 rings (SSSR count). The molecule has 1 saturated carbocycles. The van der Waals surface area contributed by atoms with Gasteiger partial charge in [-0.2, -0.15) is 5.10 Å². The zero-order valence-corrected chi connectivity index (χ0v) is 16.6. The van der Waals surface area contributed by atoms with E-state index in [-0.39, 0.29) is 36.1 Å². The van der Waals surface area contributed by atoms with Gasteiger partial charge in [-0.05, 0) is 31.0 Å². The second-order valence-electron chi connectivity index (χ2n) is 6.58. The summed E-state index contributed by atoms with van der Waals surface area (Å²) in [5, 5.41) is 4.47. The number of ether oxygens (including phenoxy) is 1. The van der Waals surface area contributed by atoms with Gasteiger partial charge in [0.15, 0.2) is 5.96 Å².